The number of aromatic hydroxyl groups is 1. The summed E-state index contributed by atoms with van der Waals surface area (Å²) in [7, 11) is 0. The predicted octanol–water partition coefficient (Wildman–Crippen LogP) is 3.64. The van der Waals surface area contributed by atoms with Gasteiger partial charge in [0.2, 0.25) is 5.91 Å². The van der Waals surface area contributed by atoms with Crippen LogP contribution in [0.4, 0.5) is 5.69 Å². The third-order valence-corrected chi connectivity index (χ3v) is 3.93. The Balaban J connectivity index is 2.09. The second kappa shape index (κ2) is 8.07. The van der Waals surface area contributed by atoms with Gasteiger partial charge in [0.1, 0.15) is 5.75 Å². The molecule has 0 saturated carbocycles. The lowest BCUT2D eigenvalue weighted by atomic mass is 10.2. The Morgan fingerprint density at radius 2 is 1.96 bits per heavy atom. The molecule has 0 unspecified atom stereocenters. The molecule has 2 aromatic carbocycles. The standard InChI is InChI=1S/C16H13Br2N3O3/c1-9(22)20-13-4-2-3-10(6-13)16(24)21-19-8-11-5-12(17)7-14(18)15(11)23/h2-8,23H,1H3,(H,20,22)(H,21,24)/b19-8-. The zero-order valence-corrected chi connectivity index (χ0v) is 15.7. The van der Waals surface area contributed by atoms with Crippen LogP contribution < -0.4 is 10.7 Å². The van der Waals surface area contributed by atoms with Crippen molar-refractivity contribution in [2.24, 2.45) is 5.10 Å². The van der Waals surface area contributed by atoms with Gasteiger partial charge in [-0.1, -0.05) is 22.0 Å². The number of hydrogen-bond donors (Lipinski definition) is 3. The van der Waals surface area contributed by atoms with Crippen molar-refractivity contribution in [1.29, 1.82) is 0 Å². The summed E-state index contributed by atoms with van der Waals surface area (Å²) in [5.74, 6) is -0.642. The molecule has 0 fully saturated rings. The van der Waals surface area contributed by atoms with Gasteiger partial charge in [0.15, 0.2) is 0 Å². The van der Waals surface area contributed by atoms with Crippen LogP contribution in [0, 0.1) is 0 Å². The van der Waals surface area contributed by atoms with E-state index in [0.29, 0.717) is 21.3 Å². The average Bonchev–Trinajstić information content (AvgIpc) is 2.51. The van der Waals surface area contributed by atoms with E-state index in [2.05, 4.69) is 47.7 Å². The van der Waals surface area contributed by atoms with Crippen LogP contribution in [0.15, 0.2) is 50.4 Å². The van der Waals surface area contributed by atoms with Crippen molar-refractivity contribution in [3.8, 4) is 5.75 Å². The van der Waals surface area contributed by atoms with E-state index in [1.165, 1.54) is 13.1 Å². The number of rotatable bonds is 4. The van der Waals surface area contributed by atoms with E-state index in [1.807, 2.05) is 0 Å². The Bertz CT molecular complexity index is 822. The maximum atomic E-state index is 12.1. The lowest BCUT2D eigenvalue weighted by Gasteiger charge is -2.05. The number of amides is 2. The van der Waals surface area contributed by atoms with E-state index in [4.69, 9.17) is 0 Å². The third-order valence-electron chi connectivity index (χ3n) is 2.87. The van der Waals surface area contributed by atoms with Crippen LogP contribution in [-0.2, 0) is 4.79 Å². The number of benzene rings is 2. The number of hydrazone groups is 1. The van der Waals surface area contributed by atoms with E-state index in [1.54, 1.807) is 36.4 Å². The molecule has 0 spiro atoms. The highest BCUT2D eigenvalue weighted by Crippen LogP contribution is 2.30. The summed E-state index contributed by atoms with van der Waals surface area (Å²) >= 11 is 6.53. The first-order valence-electron chi connectivity index (χ1n) is 6.76. The van der Waals surface area contributed by atoms with Gasteiger partial charge in [-0.25, -0.2) is 5.43 Å². The Morgan fingerprint density at radius 1 is 1.21 bits per heavy atom. The summed E-state index contributed by atoms with van der Waals surface area (Å²) < 4.78 is 1.26. The number of nitrogens with one attached hydrogen (secondary N) is 2. The zero-order chi connectivity index (χ0) is 17.7. The Kier molecular flexibility index (Phi) is 6.10. The minimum absolute atomic E-state index is 0.0175. The molecule has 0 aromatic heterocycles. The number of phenolic OH excluding ortho intramolecular Hbond substituents is 1. The lowest BCUT2D eigenvalue weighted by Crippen LogP contribution is -2.18. The number of hydrogen-bond acceptors (Lipinski definition) is 4. The molecule has 0 saturated heterocycles. The van der Waals surface area contributed by atoms with Crippen LogP contribution in [-0.4, -0.2) is 23.1 Å². The Hall–Kier alpha value is -2.19. The molecule has 0 aliphatic carbocycles. The maximum absolute atomic E-state index is 12.1. The number of anilines is 1. The molecule has 0 radical (unpaired) electrons. The molecule has 2 rings (SSSR count). The summed E-state index contributed by atoms with van der Waals surface area (Å²) in [6.07, 6.45) is 1.33. The molecule has 0 aliphatic heterocycles. The summed E-state index contributed by atoms with van der Waals surface area (Å²) in [6.45, 7) is 1.39. The van der Waals surface area contributed by atoms with Gasteiger partial charge in [-0.2, -0.15) is 5.10 Å². The van der Waals surface area contributed by atoms with E-state index in [9.17, 15) is 14.7 Å². The fraction of sp³-hybridized carbons (Fsp3) is 0.0625. The predicted molar refractivity (Wildman–Crippen MR) is 99.3 cm³/mol. The Labute approximate surface area is 155 Å². The molecule has 2 amide bonds. The van der Waals surface area contributed by atoms with Crippen molar-refractivity contribution < 1.29 is 14.7 Å². The first-order valence-corrected chi connectivity index (χ1v) is 8.34. The molecular weight excluding hydrogens is 442 g/mol. The van der Waals surface area contributed by atoms with Crippen LogP contribution in [0.25, 0.3) is 0 Å². The minimum Gasteiger partial charge on any atom is -0.506 e. The lowest BCUT2D eigenvalue weighted by molar-refractivity contribution is -0.114. The van der Waals surface area contributed by atoms with Crippen molar-refractivity contribution >= 4 is 55.6 Å². The second-order valence-electron chi connectivity index (χ2n) is 4.79. The molecule has 3 N–H and O–H groups in total. The van der Waals surface area contributed by atoms with Gasteiger partial charge < -0.3 is 10.4 Å². The smallest absolute Gasteiger partial charge is 0.271 e. The molecule has 0 bridgehead atoms. The van der Waals surface area contributed by atoms with Gasteiger partial charge in [0.25, 0.3) is 5.91 Å². The molecular formula is C16H13Br2N3O3. The van der Waals surface area contributed by atoms with Gasteiger partial charge in [-0.15, -0.1) is 0 Å². The SMILES string of the molecule is CC(=O)Nc1cccc(C(=O)N/N=C\c2cc(Br)cc(Br)c2O)c1. The highest BCUT2D eigenvalue weighted by molar-refractivity contribution is 9.11. The van der Waals surface area contributed by atoms with Crippen molar-refractivity contribution in [3.63, 3.8) is 0 Å². The molecule has 8 heteroatoms. The molecule has 6 nitrogen and oxygen atoms in total. The first kappa shape index (κ1) is 18.2. The molecule has 0 heterocycles. The van der Waals surface area contributed by atoms with Gasteiger partial charge >= 0.3 is 0 Å². The van der Waals surface area contributed by atoms with Crippen LogP contribution in [0.5, 0.6) is 5.75 Å². The van der Waals surface area contributed by atoms with E-state index >= 15 is 0 Å². The fourth-order valence-electron chi connectivity index (χ4n) is 1.85. The molecule has 2 aromatic rings. The molecule has 24 heavy (non-hydrogen) atoms. The number of halogens is 2. The van der Waals surface area contributed by atoms with E-state index in [0.717, 1.165) is 4.47 Å². The molecule has 0 aliphatic rings. The van der Waals surface area contributed by atoms with Crippen LogP contribution >= 0.6 is 31.9 Å². The Morgan fingerprint density at radius 3 is 2.67 bits per heavy atom. The van der Waals surface area contributed by atoms with E-state index in [-0.39, 0.29) is 11.7 Å². The second-order valence-corrected chi connectivity index (χ2v) is 6.56. The van der Waals surface area contributed by atoms with Crippen molar-refractivity contribution in [1.82, 2.24) is 5.43 Å². The fourth-order valence-corrected chi connectivity index (χ4v) is 3.11. The quantitative estimate of drug-likeness (QED) is 0.486. The summed E-state index contributed by atoms with van der Waals surface area (Å²) in [4.78, 5) is 23.1. The van der Waals surface area contributed by atoms with Crippen LogP contribution in [0.2, 0.25) is 0 Å². The summed E-state index contributed by atoms with van der Waals surface area (Å²) in [5, 5.41) is 16.4. The van der Waals surface area contributed by atoms with Crippen LogP contribution in [0.1, 0.15) is 22.8 Å². The monoisotopic (exact) mass is 453 g/mol. The normalized spacial score (nSPS) is 10.6. The third kappa shape index (κ3) is 4.90. The summed E-state index contributed by atoms with van der Waals surface area (Å²) in [5.41, 5.74) is 3.67. The number of carbonyl (C=O) groups excluding carboxylic acids is 2. The van der Waals surface area contributed by atoms with Crippen LogP contribution in [0.3, 0.4) is 0 Å². The van der Waals surface area contributed by atoms with Crippen molar-refractivity contribution in [2.75, 3.05) is 5.32 Å². The topological polar surface area (TPSA) is 90.8 Å². The zero-order valence-electron chi connectivity index (χ0n) is 12.5. The van der Waals surface area contributed by atoms with Crippen molar-refractivity contribution in [3.05, 3.63) is 56.5 Å². The summed E-state index contributed by atoms with van der Waals surface area (Å²) in [6, 6.07) is 9.83. The van der Waals surface area contributed by atoms with Crippen molar-refractivity contribution in [2.45, 2.75) is 6.92 Å². The number of phenols is 1. The molecule has 124 valence electrons. The van der Waals surface area contributed by atoms with E-state index < -0.39 is 5.91 Å². The van der Waals surface area contributed by atoms with Gasteiger partial charge in [0.05, 0.1) is 10.7 Å². The highest BCUT2D eigenvalue weighted by atomic mass is 79.9. The minimum atomic E-state index is -0.438. The number of nitrogens with zero attached hydrogens (tertiary/aromatic N) is 1. The number of carbonyl (C=O) groups is 2. The first-order chi connectivity index (χ1) is 11.4. The maximum Gasteiger partial charge on any atom is 0.271 e. The molecule has 0 atom stereocenters. The van der Waals surface area contributed by atoms with Gasteiger partial charge in [0, 0.05) is 28.2 Å². The largest absolute Gasteiger partial charge is 0.506 e. The highest BCUT2D eigenvalue weighted by Gasteiger charge is 2.07. The average molecular weight is 455 g/mol. The van der Waals surface area contributed by atoms with Gasteiger partial charge in [-0.05, 0) is 46.3 Å². The van der Waals surface area contributed by atoms with Gasteiger partial charge in [-0.3, -0.25) is 9.59 Å².